The number of imide groups is 1. The summed E-state index contributed by atoms with van der Waals surface area (Å²) in [6.07, 6.45) is 12.2. The van der Waals surface area contributed by atoms with Crippen molar-refractivity contribution in [2.75, 3.05) is 19.6 Å². The number of fused-ring (bicyclic) bond motifs is 3. The smallest absolute Gasteiger partial charge is 0.255 e. The largest absolute Gasteiger partial charge is 0.322 e. The Hall–Kier alpha value is -3.25. The first-order chi connectivity index (χ1) is 18.0. The highest BCUT2D eigenvalue weighted by Crippen LogP contribution is 2.43. The minimum atomic E-state index is -0.553. The van der Waals surface area contributed by atoms with Gasteiger partial charge in [-0.15, -0.1) is 0 Å². The number of benzene rings is 2. The fraction of sp³-hybridized carbons (Fsp3) is 0.452. The third kappa shape index (κ3) is 4.52. The Kier molecular flexibility index (Phi) is 6.45. The van der Waals surface area contributed by atoms with Crippen molar-refractivity contribution in [1.82, 2.24) is 15.1 Å². The number of amides is 3. The number of allylic oxidation sites excluding steroid dienone is 1. The van der Waals surface area contributed by atoms with Crippen molar-refractivity contribution in [3.63, 3.8) is 0 Å². The van der Waals surface area contributed by atoms with Crippen LogP contribution in [0.3, 0.4) is 0 Å². The Morgan fingerprint density at radius 3 is 2.62 bits per heavy atom. The minimum Gasteiger partial charge on any atom is -0.322 e. The van der Waals surface area contributed by atoms with Gasteiger partial charge in [0, 0.05) is 23.9 Å². The molecule has 0 radical (unpaired) electrons. The average Bonchev–Trinajstić information content (AvgIpc) is 3.44. The molecule has 2 saturated heterocycles. The SMILES string of the molecule is O=C1CCC(N2Cc3c(CCCCCN4CCC5(C=Cc6ccccc65)CC4)cccc3C2=O)C(=O)N1. The predicted octanol–water partition coefficient (Wildman–Crippen LogP) is 4.22. The molecule has 4 aliphatic rings. The van der Waals surface area contributed by atoms with E-state index in [2.05, 4.69) is 52.7 Å². The quantitative estimate of drug-likeness (QED) is 0.459. The Bertz CT molecular complexity index is 1260. The van der Waals surface area contributed by atoms with E-state index < -0.39 is 6.04 Å². The number of nitrogens with one attached hydrogen (secondary N) is 1. The van der Waals surface area contributed by atoms with Gasteiger partial charge < -0.3 is 9.80 Å². The molecule has 6 rings (SSSR count). The lowest BCUT2D eigenvalue weighted by Crippen LogP contribution is -2.52. The lowest BCUT2D eigenvalue weighted by atomic mass is 9.74. The third-order valence-electron chi connectivity index (χ3n) is 8.93. The molecule has 1 N–H and O–H groups in total. The highest BCUT2D eigenvalue weighted by atomic mass is 16.2. The van der Waals surface area contributed by atoms with Crippen LogP contribution < -0.4 is 5.32 Å². The van der Waals surface area contributed by atoms with E-state index in [0.717, 1.165) is 38.0 Å². The second kappa shape index (κ2) is 9.90. The second-order valence-corrected chi connectivity index (χ2v) is 11.1. The summed E-state index contributed by atoms with van der Waals surface area (Å²) in [5, 5.41) is 2.38. The predicted molar refractivity (Wildman–Crippen MR) is 143 cm³/mol. The zero-order valence-electron chi connectivity index (χ0n) is 21.4. The van der Waals surface area contributed by atoms with Gasteiger partial charge in [-0.2, -0.15) is 0 Å². The first kappa shape index (κ1) is 24.1. The highest BCUT2D eigenvalue weighted by molar-refractivity contribution is 6.05. The highest BCUT2D eigenvalue weighted by Gasteiger charge is 2.40. The third-order valence-corrected chi connectivity index (χ3v) is 8.93. The second-order valence-electron chi connectivity index (χ2n) is 11.1. The van der Waals surface area contributed by atoms with Crippen molar-refractivity contribution >= 4 is 23.8 Å². The van der Waals surface area contributed by atoms with Crippen LogP contribution in [0.15, 0.2) is 48.5 Å². The number of unbranched alkanes of at least 4 members (excludes halogenated alkanes) is 2. The number of carbonyl (C=O) groups excluding carboxylic acids is 3. The number of aryl methyl sites for hydroxylation is 1. The number of likely N-dealkylation sites (tertiary alicyclic amines) is 1. The summed E-state index contributed by atoms with van der Waals surface area (Å²) in [7, 11) is 0. The van der Waals surface area contributed by atoms with Gasteiger partial charge in [-0.3, -0.25) is 19.7 Å². The van der Waals surface area contributed by atoms with Crippen LogP contribution in [0.2, 0.25) is 0 Å². The maximum absolute atomic E-state index is 13.0. The maximum Gasteiger partial charge on any atom is 0.255 e. The molecule has 6 heteroatoms. The summed E-state index contributed by atoms with van der Waals surface area (Å²) in [5.74, 6) is -0.694. The topological polar surface area (TPSA) is 69.7 Å². The van der Waals surface area contributed by atoms with Gasteiger partial charge in [0.1, 0.15) is 6.04 Å². The van der Waals surface area contributed by atoms with E-state index in [1.807, 2.05) is 12.1 Å². The molecule has 2 fully saturated rings. The van der Waals surface area contributed by atoms with Gasteiger partial charge in [0.05, 0.1) is 0 Å². The van der Waals surface area contributed by atoms with Crippen molar-refractivity contribution < 1.29 is 14.4 Å². The van der Waals surface area contributed by atoms with E-state index >= 15 is 0 Å². The van der Waals surface area contributed by atoms with E-state index in [4.69, 9.17) is 0 Å². The average molecular weight is 498 g/mol. The minimum absolute atomic E-state index is 0.0889. The molecule has 2 aromatic carbocycles. The molecule has 0 bridgehead atoms. The molecule has 1 unspecified atom stereocenters. The van der Waals surface area contributed by atoms with Gasteiger partial charge >= 0.3 is 0 Å². The van der Waals surface area contributed by atoms with Crippen molar-refractivity contribution in [3.05, 3.63) is 76.4 Å². The molecule has 2 aromatic rings. The summed E-state index contributed by atoms with van der Waals surface area (Å²) in [5.41, 5.74) is 6.15. The maximum atomic E-state index is 13.0. The fourth-order valence-corrected chi connectivity index (χ4v) is 6.76. The number of hydrogen-bond acceptors (Lipinski definition) is 4. The molecule has 3 amide bonds. The van der Waals surface area contributed by atoms with E-state index in [9.17, 15) is 14.4 Å². The lowest BCUT2D eigenvalue weighted by molar-refractivity contribution is -0.136. The van der Waals surface area contributed by atoms with Crippen LogP contribution in [0.5, 0.6) is 0 Å². The monoisotopic (exact) mass is 497 g/mol. The molecule has 0 saturated carbocycles. The van der Waals surface area contributed by atoms with Crippen LogP contribution in [0, 0.1) is 0 Å². The Morgan fingerprint density at radius 1 is 0.946 bits per heavy atom. The number of piperidine rings is 2. The lowest BCUT2D eigenvalue weighted by Gasteiger charge is -2.39. The van der Waals surface area contributed by atoms with Gasteiger partial charge in [0.15, 0.2) is 0 Å². The van der Waals surface area contributed by atoms with Crippen molar-refractivity contribution in [1.29, 1.82) is 0 Å². The van der Waals surface area contributed by atoms with Crippen LogP contribution in [-0.2, 0) is 28.0 Å². The molecule has 3 aliphatic heterocycles. The fourth-order valence-electron chi connectivity index (χ4n) is 6.76. The number of rotatable bonds is 7. The van der Waals surface area contributed by atoms with Gasteiger partial charge in [-0.05, 0) is 86.5 Å². The molecule has 1 aliphatic carbocycles. The van der Waals surface area contributed by atoms with Crippen LogP contribution >= 0.6 is 0 Å². The molecular formula is C31H35N3O3. The molecular weight excluding hydrogens is 462 g/mol. The van der Waals surface area contributed by atoms with E-state index in [0.29, 0.717) is 18.5 Å². The zero-order valence-corrected chi connectivity index (χ0v) is 21.4. The van der Waals surface area contributed by atoms with Gasteiger partial charge in [0.2, 0.25) is 11.8 Å². The van der Waals surface area contributed by atoms with Crippen molar-refractivity contribution in [3.8, 4) is 0 Å². The van der Waals surface area contributed by atoms with Crippen LogP contribution in [-0.4, -0.2) is 53.2 Å². The van der Waals surface area contributed by atoms with Crippen LogP contribution in [0.4, 0.5) is 0 Å². The summed E-state index contributed by atoms with van der Waals surface area (Å²) < 4.78 is 0. The summed E-state index contributed by atoms with van der Waals surface area (Å²) in [6, 6.07) is 14.2. The molecule has 6 nitrogen and oxygen atoms in total. The first-order valence-corrected chi connectivity index (χ1v) is 13.8. The molecule has 1 spiro atoms. The van der Waals surface area contributed by atoms with Gasteiger partial charge in [-0.1, -0.05) is 55.0 Å². The van der Waals surface area contributed by atoms with E-state index in [-0.39, 0.29) is 29.6 Å². The van der Waals surface area contributed by atoms with Gasteiger partial charge in [-0.25, -0.2) is 0 Å². The van der Waals surface area contributed by atoms with E-state index in [1.54, 1.807) is 4.90 Å². The molecule has 3 heterocycles. The summed E-state index contributed by atoms with van der Waals surface area (Å²) in [6.45, 7) is 3.92. The molecule has 0 aromatic heterocycles. The number of nitrogens with zero attached hydrogens (tertiary/aromatic N) is 2. The first-order valence-electron chi connectivity index (χ1n) is 13.8. The summed E-state index contributed by atoms with van der Waals surface area (Å²) >= 11 is 0. The van der Waals surface area contributed by atoms with Crippen LogP contribution in [0.25, 0.3) is 6.08 Å². The van der Waals surface area contributed by atoms with Gasteiger partial charge in [0.25, 0.3) is 5.91 Å². The Morgan fingerprint density at radius 2 is 1.78 bits per heavy atom. The normalized spacial score (nSPS) is 22.4. The van der Waals surface area contributed by atoms with E-state index in [1.165, 1.54) is 42.4 Å². The molecule has 1 atom stereocenters. The van der Waals surface area contributed by atoms with Crippen molar-refractivity contribution in [2.45, 2.75) is 69.4 Å². The zero-order chi connectivity index (χ0) is 25.4. The summed E-state index contributed by atoms with van der Waals surface area (Å²) in [4.78, 5) is 41.2. The standard InChI is InChI=1S/C31H35N3O3/c35-28-13-12-27(29(36)32-28)34-21-25-22(9-6-10-24(25)30(34)37)7-2-1-5-18-33-19-16-31(17-20-33)15-14-23-8-3-4-11-26(23)31/h3-4,6,8-11,14-15,27H,1-2,5,7,12-13,16-21H2,(H,32,35,36). The number of carbonyl (C=O) groups is 3. The van der Waals surface area contributed by atoms with Crippen molar-refractivity contribution in [2.24, 2.45) is 0 Å². The Labute approximate surface area is 218 Å². The van der Waals surface area contributed by atoms with Crippen LogP contribution in [0.1, 0.15) is 77.6 Å². The molecule has 37 heavy (non-hydrogen) atoms. The number of hydrogen-bond donors (Lipinski definition) is 1. The Balaban J connectivity index is 0.976. The molecule has 192 valence electrons.